The fourth-order valence-corrected chi connectivity index (χ4v) is 12.8. The van der Waals surface area contributed by atoms with Crippen LogP contribution in [-0.4, -0.2) is 13.2 Å². The Hall–Kier alpha value is -0.0400. The van der Waals surface area contributed by atoms with Gasteiger partial charge in [0.2, 0.25) is 0 Å². The Bertz CT molecular complexity index is 722. The van der Waals surface area contributed by atoms with E-state index in [1.807, 2.05) is 0 Å². The van der Waals surface area contributed by atoms with Crippen molar-refractivity contribution in [1.29, 1.82) is 0 Å². The Morgan fingerprint density at radius 1 is 0.333 bits per heavy atom. The maximum atomic E-state index is 6.79. The van der Waals surface area contributed by atoms with E-state index in [1.54, 1.807) is 0 Å². The van der Waals surface area contributed by atoms with E-state index in [-0.39, 0.29) is 0 Å². The van der Waals surface area contributed by atoms with E-state index in [0.29, 0.717) is 0 Å². The molecular formula is C50H94O. The van der Waals surface area contributed by atoms with E-state index in [4.69, 9.17) is 4.74 Å². The van der Waals surface area contributed by atoms with Crippen molar-refractivity contribution >= 4 is 0 Å². The molecule has 0 spiro atoms. The van der Waals surface area contributed by atoms with Gasteiger partial charge < -0.3 is 4.74 Å². The Morgan fingerprint density at radius 2 is 0.627 bits per heavy atom. The van der Waals surface area contributed by atoms with Gasteiger partial charge in [0.15, 0.2) is 0 Å². The fourth-order valence-electron chi connectivity index (χ4n) is 12.8. The van der Waals surface area contributed by atoms with Gasteiger partial charge in [0.05, 0.1) is 0 Å². The largest absolute Gasteiger partial charge is 0.381 e. The quantitative estimate of drug-likeness (QED) is 0.0812. The molecule has 2 unspecified atom stereocenters. The molecule has 51 heavy (non-hydrogen) atoms. The first-order chi connectivity index (χ1) is 25.1. The summed E-state index contributed by atoms with van der Waals surface area (Å²) in [5.41, 5.74) is 0. The summed E-state index contributed by atoms with van der Waals surface area (Å²) in [6, 6.07) is 0. The minimum Gasteiger partial charge on any atom is -0.381 e. The highest BCUT2D eigenvalue weighted by Crippen LogP contribution is 2.47. The van der Waals surface area contributed by atoms with E-state index >= 15 is 0 Å². The molecule has 0 N–H and O–H groups in total. The summed E-state index contributed by atoms with van der Waals surface area (Å²) in [6.45, 7) is 11.6. The molecule has 0 aromatic rings. The third-order valence-corrected chi connectivity index (χ3v) is 16.0. The van der Waals surface area contributed by atoms with Crippen molar-refractivity contribution in [3.8, 4) is 0 Å². The fraction of sp³-hybridized carbons (Fsp3) is 1.00. The Morgan fingerprint density at radius 3 is 0.922 bits per heavy atom. The lowest BCUT2D eigenvalue weighted by Crippen LogP contribution is -2.32. The molecule has 0 aromatic carbocycles. The molecule has 2 atom stereocenters. The van der Waals surface area contributed by atoms with Gasteiger partial charge in [-0.3, -0.25) is 0 Å². The highest BCUT2D eigenvalue weighted by Gasteiger charge is 2.36. The molecule has 0 aromatic heterocycles. The van der Waals surface area contributed by atoms with Crippen molar-refractivity contribution in [2.45, 2.75) is 246 Å². The number of ether oxygens (including phenoxy) is 1. The predicted octanol–water partition coefficient (Wildman–Crippen LogP) is 16.6. The van der Waals surface area contributed by atoms with Gasteiger partial charge >= 0.3 is 0 Å². The van der Waals surface area contributed by atoms with Crippen molar-refractivity contribution in [1.82, 2.24) is 0 Å². The molecule has 0 radical (unpaired) electrons. The molecule has 4 aliphatic rings. The van der Waals surface area contributed by atoms with Gasteiger partial charge in [-0.1, -0.05) is 182 Å². The molecule has 4 rings (SSSR count). The standard InChI is InChI=1S/C50H94O/c1-5-9-11-13-15-19-43-25-33-47(34-26-43)49(45-29-21-41(17-7-3)22-30-45)37-39-51-40-38-50(46-31-23-42(18-8-4)24-32-46)48-35-27-44(28-36-48)20-16-14-12-10-6-2/h41-50H,5-40H2,1-4H3. The van der Waals surface area contributed by atoms with Crippen LogP contribution in [0, 0.1) is 59.2 Å². The maximum Gasteiger partial charge on any atom is 0.0468 e. The molecule has 4 aliphatic carbocycles. The van der Waals surface area contributed by atoms with Gasteiger partial charge in [0, 0.05) is 13.2 Å². The van der Waals surface area contributed by atoms with Gasteiger partial charge in [0.25, 0.3) is 0 Å². The zero-order chi connectivity index (χ0) is 35.9. The average Bonchev–Trinajstić information content (AvgIpc) is 3.16. The molecule has 1 heteroatoms. The SMILES string of the molecule is CCCCCCCC1CCC(C(CCOCCC(C2CCC(CCC)CC2)C2CCC(CCCCCCC)CC2)C2CCC(CCC)CC2)CC1. The van der Waals surface area contributed by atoms with E-state index in [9.17, 15) is 0 Å². The lowest BCUT2D eigenvalue weighted by molar-refractivity contribution is 0.0368. The molecule has 0 amide bonds. The summed E-state index contributed by atoms with van der Waals surface area (Å²) in [4.78, 5) is 0. The van der Waals surface area contributed by atoms with Crippen molar-refractivity contribution in [3.63, 3.8) is 0 Å². The highest BCUT2D eigenvalue weighted by molar-refractivity contribution is 4.87. The van der Waals surface area contributed by atoms with Crippen molar-refractivity contribution < 1.29 is 4.74 Å². The number of hydrogen-bond acceptors (Lipinski definition) is 1. The van der Waals surface area contributed by atoms with Gasteiger partial charge in [-0.2, -0.15) is 0 Å². The van der Waals surface area contributed by atoms with Crippen LogP contribution < -0.4 is 0 Å². The Kier molecular flexibility index (Phi) is 22.9. The minimum atomic E-state index is 0.944. The summed E-state index contributed by atoms with van der Waals surface area (Å²) in [7, 11) is 0. The molecule has 4 saturated carbocycles. The molecule has 4 fully saturated rings. The van der Waals surface area contributed by atoms with E-state index in [2.05, 4.69) is 27.7 Å². The van der Waals surface area contributed by atoms with Crippen molar-refractivity contribution in [2.24, 2.45) is 59.2 Å². The third-order valence-electron chi connectivity index (χ3n) is 16.0. The predicted molar refractivity (Wildman–Crippen MR) is 225 cm³/mol. The molecular weight excluding hydrogens is 617 g/mol. The van der Waals surface area contributed by atoms with Crippen LogP contribution >= 0.6 is 0 Å². The van der Waals surface area contributed by atoms with E-state index < -0.39 is 0 Å². The van der Waals surface area contributed by atoms with Gasteiger partial charge in [-0.15, -0.1) is 0 Å². The number of rotatable bonds is 26. The molecule has 1 nitrogen and oxygen atoms in total. The van der Waals surface area contributed by atoms with Crippen LogP contribution in [-0.2, 0) is 4.74 Å². The Labute approximate surface area is 322 Å². The maximum absolute atomic E-state index is 6.79. The normalized spacial score (nSPS) is 31.8. The van der Waals surface area contributed by atoms with Gasteiger partial charge in [-0.05, 0) is 123 Å². The van der Waals surface area contributed by atoms with Crippen molar-refractivity contribution in [3.05, 3.63) is 0 Å². The van der Waals surface area contributed by atoms with E-state index in [0.717, 1.165) is 72.4 Å². The third kappa shape index (κ3) is 16.3. The van der Waals surface area contributed by atoms with Crippen LogP contribution in [0.4, 0.5) is 0 Å². The van der Waals surface area contributed by atoms with Gasteiger partial charge in [0.1, 0.15) is 0 Å². The second kappa shape index (κ2) is 26.7. The molecule has 0 aliphatic heterocycles. The smallest absolute Gasteiger partial charge is 0.0468 e. The highest BCUT2D eigenvalue weighted by atomic mass is 16.5. The summed E-state index contributed by atoms with van der Waals surface area (Å²) in [5.74, 6) is 9.99. The zero-order valence-electron chi connectivity index (χ0n) is 35.6. The first-order valence-electron chi connectivity index (χ1n) is 24.7. The Balaban J connectivity index is 1.25. The summed E-state index contributed by atoms with van der Waals surface area (Å²) >= 11 is 0. The number of hydrogen-bond donors (Lipinski definition) is 0. The van der Waals surface area contributed by atoms with Crippen LogP contribution in [0.15, 0.2) is 0 Å². The second-order valence-corrected chi connectivity index (χ2v) is 19.6. The van der Waals surface area contributed by atoms with Crippen LogP contribution in [0.25, 0.3) is 0 Å². The first-order valence-corrected chi connectivity index (χ1v) is 24.7. The second-order valence-electron chi connectivity index (χ2n) is 19.6. The summed E-state index contributed by atoms with van der Waals surface area (Å²) in [5, 5.41) is 0. The van der Waals surface area contributed by atoms with Crippen LogP contribution in [0.3, 0.4) is 0 Å². The summed E-state index contributed by atoms with van der Waals surface area (Å²) in [6.07, 6.45) is 50.5. The first kappa shape index (κ1) is 43.7. The minimum absolute atomic E-state index is 0.944. The van der Waals surface area contributed by atoms with Crippen LogP contribution in [0.2, 0.25) is 0 Å². The topological polar surface area (TPSA) is 9.23 Å². The molecule has 300 valence electrons. The molecule has 0 bridgehead atoms. The average molecular weight is 711 g/mol. The molecule has 0 heterocycles. The monoisotopic (exact) mass is 711 g/mol. The lowest BCUT2D eigenvalue weighted by Gasteiger charge is -2.41. The van der Waals surface area contributed by atoms with Crippen LogP contribution in [0.1, 0.15) is 246 Å². The number of unbranched alkanes of at least 4 members (excludes halogenated alkanes) is 8. The van der Waals surface area contributed by atoms with Crippen LogP contribution in [0.5, 0.6) is 0 Å². The van der Waals surface area contributed by atoms with E-state index in [1.165, 1.54) is 218 Å². The van der Waals surface area contributed by atoms with Crippen molar-refractivity contribution in [2.75, 3.05) is 13.2 Å². The summed E-state index contributed by atoms with van der Waals surface area (Å²) < 4.78 is 6.79. The lowest BCUT2D eigenvalue weighted by atomic mass is 9.65. The van der Waals surface area contributed by atoms with Gasteiger partial charge in [-0.25, -0.2) is 0 Å². The molecule has 0 saturated heterocycles. The zero-order valence-corrected chi connectivity index (χ0v) is 35.6.